The molecular formula is C17H18FN3O2. The third-order valence-corrected chi connectivity index (χ3v) is 3.11. The van der Waals surface area contributed by atoms with E-state index in [-0.39, 0.29) is 24.8 Å². The van der Waals surface area contributed by atoms with E-state index in [0.717, 1.165) is 11.1 Å². The zero-order chi connectivity index (χ0) is 16.5. The number of hydrogen-bond donors (Lipinski definition) is 3. The minimum absolute atomic E-state index is 0.123. The highest BCUT2D eigenvalue weighted by Gasteiger charge is 2.05. The molecule has 0 bridgehead atoms. The molecule has 0 unspecified atom stereocenters. The summed E-state index contributed by atoms with van der Waals surface area (Å²) in [6.45, 7) is 0.554. The summed E-state index contributed by atoms with van der Waals surface area (Å²) in [5, 5.41) is 7.78. The van der Waals surface area contributed by atoms with Crippen molar-refractivity contribution in [1.82, 2.24) is 16.0 Å². The zero-order valence-electron chi connectivity index (χ0n) is 12.5. The molecule has 2 aromatic rings. The van der Waals surface area contributed by atoms with Crippen LogP contribution in [0.1, 0.15) is 11.1 Å². The van der Waals surface area contributed by atoms with Crippen molar-refractivity contribution >= 4 is 11.9 Å². The number of rotatable bonds is 6. The molecule has 5 nitrogen and oxygen atoms in total. The van der Waals surface area contributed by atoms with Crippen LogP contribution in [0.15, 0.2) is 54.6 Å². The van der Waals surface area contributed by atoms with E-state index < -0.39 is 6.03 Å². The predicted octanol–water partition coefficient (Wildman–Crippen LogP) is 1.94. The van der Waals surface area contributed by atoms with Gasteiger partial charge in [-0.15, -0.1) is 0 Å². The summed E-state index contributed by atoms with van der Waals surface area (Å²) in [6, 6.07) is 14.9. The van der Waals surface area contributed by atoms with E-state index in [1.807, 2.05) is 30.3 Å². The van der Waals surface area contributed by atoms with E-state index in [2.05, 4.69) is 16.0 Å². The second-order valence-corrected chi connectivity index (χ2v) is 4.93. The molecule has 2 aromatic carbocycles. The van der Waals surface area contributed by atoms with Crippen molar-refractivity contribution in [3.05, 3.63) is 71.5 Å². The van der Waals surface area contributed by atoms with E-state index >= 15 is 0 Å². The van der Waals surface area contributed by atoms with Gasteiger partial charge in [-0.3, -0.25) is 4.79 Å². The minimum Gasteiger partial charge on any atom is -0.350 e. The van der Waals surface area contributed by atoms with Crippen molar-refractivity contribution in [1.29, 1.82) is 0 Å². The SMILES string of the molecule is O=C(CNC(=O)NCc1ccccc1)NCc1ccc(F)cc1. The van der Waals surface area contributed by atoms with Gasteiger partial charge < -0.3 is 16.0 Å². The molecule has 0 saturated carbocycles. The summed E-state index contributed by atoms with van der Waals surface area (Å²) in [7, 11) is 0. The highest BCUT2D eigenvalue weighted by Crippen LogP contribution is 2.01. The molecule has 0 aliphatic rings. The molecule has 3 amide bonds. The highest BCUT2D eigenvalue weighted by molar-refractivity contribution is 5.83. The molecule has 0 fully saturated rings. The van der Waals surface area contributed by atoms with Gasteiger partial charge in [-0.2, -0.15) is 0 Å². The van der Waals surface area contributed by atoms with Crippen molar-refractivity contribution in [3.8, 4) is 0 Å². The Hall–Kier alpha value is -2.89. The third kappa shape index (κ3) is 6.17. The second-order valence-electron chi connectivity index (χ2n) is 4.93. The van der Waals surface area contributed by atoms with Gasteiger partial charge in [-0.25, -0.2) is 9.18 Å². The molecule has 23 heavy (non-hydrogen) atoms. The van der Waals surface area contributed by atoms with Crippen molar-refractivity contribution in [2.45, 2.75) is 13.1 Å². The first-order chi connectivity index (χ1) is 11.1. The van der Waals surface area contributed by atoms with Gasteiger partial charge in [0.15, 0.2) is 0 Å². The lowest BCUT2D eigenvalue weighted by Crippen LogP contribution is -2.41. The predicted molar refractivity (Wildman–Crippen MR) is 84.9 cm³/mol. The van der Waals surface area contributed by atoms with Crippen LogP contribution in [0.3, 0.4) is 0 Å². The van der Waals surface area contributed by atoms with Crippen molar-refractivity contribution < 1.29 is 14.0 Å². The van der Waals surface area contributed by atoms with Gasteiger partial charge in [0.25, 0.3) is 0 Å². The number of halogens is 1. The standard InChI is InChI=1S/C17H18FN3O2/c18-15-8-6-14(7-9-15)10-19-16(22)12-21-17(23)20-11-13-4-2-1-3-5-13/h1-9H,10-12H2,(H,19,22)(H2,20,21,23). The maximum atomic E-state index is 12.7. The van der Waals surface area contributed by atoms with E-state index in [0.29, 0.717) is 6.54 Å². The summed E-state index contributed by atoms with van der Waals surface area (Å²) in [5.41, 5.74) is 1.76. The molecule has 0 spiro atoms. The van der Waals surface area contributed by atoms with Gasteiger partial charge in [-0.05, 0) is 23.3 Å². The number of benzene rings is 2. The first-order valence-electron chi connectivity index (χ1n) is 7.20. The van der Waals surface area contributed by atoms with Crippen molar-refractivity contribution in [2.75, 3.05) is 6.54 Å². The van der Waals surface area contributed by atoms with E-state index in [1.54, 1.807) is 12.1 Å². The Morgan fingerprint density at radius 3 is 2.09 bits per heavy atom. The quantitative estimate of drug-likeness (QED) is 0.762. The molecule has 0 aromatic heterocycles. The molecule has 0 heterocycles. The van der Waals surface area contributed by atoms with E-state index in [1.165, 1.54) is 12.1 Å². The fourth-order valence-electron chi connectivity index (χ4n) is 1.87. The van der Waals surface area contributed by atoms with Crippen LogP contribution in [0.4, 0.5) is 9.18 Å². The Kier molecular flexibility index (Phi) is 6.11. The van der Waals surface area contributed by atoms with Gasteiger partial charge in [0, 0.05) is 13.1 Å². The summed E-state index contributed by atoms with van der Waals surface area (Å²) in [6.07, 6.45) is 0. The van der Waals surface area contributed by atoms with Gasteiger partial charge in [0.05, 0.1) is 6.54 Å². The van der Waals surface area contributed by atoms with Gasteiger partial charge in [0.1, 0.15) is 5.82 Å². The summed E-state index contributed by atoms with van der Waals surface area (Å²) < 4.78 is 12.7. The Balaban J connectivity index is 1.63. The highest BCUT2D eigenvalue weighted by atomic mass is 19.1. The zero-order valence-corrected chi connectivity index (χ0v) is 12.5. The Morgan fingerprint density at radius 1 is 0.783 bits per heavy atom. The van der Waals surface area contributed by atoms with Gasteiger partial charge >= 0.3 is 6.03 Å². The average Bonchev–Trinajstić information content (AvgIpc) is 2.58. The van der Waals surface area contributed by atoms with Crippen molar-refractivity contribution in [2.24, 2.45) is 0 Å². The topological polar surface area (TPSA) is 70.2 Å². The first kappa shape index (κ1) is 16.5. The molecule has 6 heteroatoms. The number of carbonyl (C=O) groups excluding carboxylic acids is 2. The van der Waals surface area contributed by atoms with Crippen LogP contribution >= 0.6 is 0 Å². The van der Waals surface area contributed by atoms with Crippen molar-refractivity contribution in [3.63, 3.8) is 0 Å². The maximum Gasteiger partial charge on any atom is 0.315 e. The lowest BCUT2D eigenvalue weighted by atomic mass is 10.2. The number of carbonyl (C=O) groups is 2. The van der Waals surface area contributed by atoms with Gasteiger partial charge in [-0.1, -0.05) is 42.5 Å². The molecule has 0 atom stereocenters. The van der Waals surface area contributed by atoms with Crippen LogP contribution in [0.5, 0.6) is 0 Å². The molecule has 0 aliphatic heterocycles. The fraction of sp³-hybridized carbons (Fsp3) is 0.176. The lowest BCUT2D eigenvalue weighted by Gasteiger charge is -2.08. The van der Waals surface area contributed by atoms with Crippen LogP contribution < -0.4 is 16.0 Å². The van der Waals surface area contributed by atoms with Crippen LogP contribution in [0.2, 0.25) is 0 Å². The fourth-order valence-corrected chi connectivity index (χ4v) is 1.87. The molecular weight excluding hydrogens is 297 g/mol. The number of amides is 3. The molecule has 2 rings (SSSR count). The summed E-state index contributed by atoms with van der Waals surface area (Å²) >= 11 is 0. The van der Waals surface area contributed by atoms with Crippen LogP contribution in [-0.2, 0) is 17.9 Å². The largest absolute Gasteiger partial charge is 0.350 e. The second kappa shape index (κ2) is 8.53. The molecule has 3 N–H and O–H groups in total. The average molecular weight is 315 g/mol. The van der Waals surface area contributed by atoms with Crippen LogP contribution in [0.25, 0.3) is 0 Å². The Morgan fingerprint density at radius 2 is 1.39 bits per heavy atom. The van der Waals surface area contributed by atoms with Crippen LogP contribution in [0, 0.1) is 5.82 Å². The van der Waals surface area contributed by atoms with E-state index in [4.69, 9.17) is 0 Å². The summed E-state index contributed by atoms with van der Waals surface area (Å²) in [5.74, 6) is -0.638. The summed E-state index contributed by atoms with van der Waals surface area (Å²) in [4.78, 5) is 23.2. The molecule has 120 valence electrons. The molecule has 0 aliphatic carbocycles. The number of hydrogen-bond acceptors (Lipinski definition) is 2. The van der Waals surface area contributed by atoms with Crippen LogP contribution in [-0.4, -0.2) is 18.5 Å². The lowest BCUT2D eigenvalue weighted by molar-refractivity contribution is -0.120. The minimum atomic E-state index is -0.411. The third-order valence-electron chi connectivity index (χ3n) is 3.11. The maximum absolute atomic E-state index is 12.7. The van der Waals surface area contributed by atoms with Gasteiger partial charge in [0.2, 0.25) is 5.91 Å². The molecule has 0 saturated heterocycles. The Bertz CT molecular complexity index is 645. The number of urea groups is 1. The first-order valence-corrected chi connectivity index (χ1v) is 7.20. The molecule has 0 radical (unpaired) electrons. The normalized spacial score (nSPS) is 9.96. The number of nitrogens with one attached hydrogen (secondary N) is 3. The van der Waals surface area contributed by atoms with E-state index in [9.17, 15) is 14.0 Å². The smallest absolute Gasteiger partial charge is 0.315 e. The Labute approximate surface area is 133 Å². The monoisotopic (exact) mass is 315 g/mol.